The van der Waals surface area contributed by atoms with Gasteiger partial charge in [-0.25, -0.2) is 9.36 Å². The second kappa shape index (κ2) is 8.19. The molecule has 0 fully saturated rings. The van der Waals surface area contributed by atoms with Crippen molar-refractivity contribution >= 4 is 23.0 Å². The predicted molar refractivity (Wildman–Crippen MR) is 109 cm³/mol. The molecule has 0 aliphatic heterocycles. The van der Waals surface area contributed by atoms with E-state index in [9.17, 15) is 9.59 Å². The summed E-state index contributed by atoms with van der Waals surface area (Å²) >= 11 is 0. The SMILES string of the molecule is CC(C)(C)OC(=O)n1c(-c2ccccc2)c(COC(=O)CC#N)c2ccccc21. The van der Waals surface area contributed by atoms with E-state index in [1.807, 2.05) is 75.4 Å². The van der Waals surface area contributed by atoms with Crippen molar-refractivity contribution in [3.8, 4) is 17.3 Å². The quantitative estimate of drug-likeness (QED) is 0.582. The molecule has 29 heavy (non-hydrogen) atoms. The maximum absolute atomic E-state index is 13.1. The van der Waals surface area contributed by atoms with Crippen molar-refractivity contribution < 1.29 is 19.1 Å². The molecule has 0 N–H and O–H groups in total. The van der Waals surface area contributed by atoms with Crippen LogP contribution in [0.4, 0.5) is 4.79 Å². The number of hydrogen-bond donors (Lipinski definition) is 0. The summed E-state index contributed by atoms with van der Waals surface area (Å²) in [6.07, 6.45) is -0.840. The van der Waals surface area contributed by atoms with E-state index in [2.05, 4.69) is 0 Å². The maximum atomic E-state index is 13.1. The van der Waals surface area contributed by atoms with E-state index < -0.39 is 17.7 Å². The zero-order chi connectivity index (χ0) is 21.0. The molecule has 148 valence electrons. The van der Waals surface area contributed by atoms with Gasteiger partial charge >= 0.3 is 12.1 Å². The lowest BCUT2D eigenvalue weighted by molar-refractivity contribution is -0.143. The third kappa shape index (κ3) is 4.46. The highest BCUT2D eigenvalue weighted by molar-refractivity contribution is 5.99. The Hall–Kier alpha value is -3.59. The van der Waals surface area contributed by atoms with Gasteiger partial charge < -0.3 is 9.47 Å². The highest BCUT2D eigenvalue weighted by Crippen LogP contribution is 2.35. The molecule has 0 saturated carbocycles. The smallest absolute Gasteiger partial charge is 0.419 e. The van der Waals surface area contributed by atoms with Crippen LogP contribution in [0.25, 0.3) is 22.2 Å². The van der Waals surface area contributed by atoms with E-state index in [0.717, 1.165) is 10.9 Å². The van der Waals surface area contributed by atoms with Crippen molar-refractivity contribution in [1.82, 2.24) is 4.57 Å². The number of hydrogen-bond acceptors (Lipinski definition) is 5. The number of nitriles is 1. The van der Waals surface area contributed by atoms with Gasteiger partial charge in [-0.05, 0) is 32.4 Å². The third-order valence-electron chi connectivity index (χ3n) is 4.20. The summed E-state index contributed by atoms with van der Waals surface area (Å²) in [4.78, 5) is 24.9. The normalized spacial score (nSPS) is 11.1. The van der Waals surface area contributed by atoms with E-state index in [1.165, 1.54) is 4.57 Å². The van der Waals surface area contributed by atoms with Gasteiger partial charge in [0.25, 0.3) is 0 Å². The summed E-state index contributed by atoms with van der Waals surface area (Å²) in [5, 5.41) is 9.49. The molecular formula is C23H22N2O4. The number of esters is 1. The molecule has 6 heteroatoms. The van der Waals surface area contributed by atoms with Crippen LogP contribution in [0.15, 0.2) is 54.6 Å². The Morgan fingerprint density at radius 3 is 2.34 bits per heavy atom. The van der Waals surface area contributed by atoms with Crippen LogP contribution in [0.1, 0.15) is 32.8 Å². The van der Waals surface area contributed by atoms with Crippen LogP contribution in [-0.2, 0) is 20.9 Å². The Morgan fingerprint density at radius 1 is 1.03 bits per heavy atom. The van der Waals surface area contributed by atoms with Crippen molar-refractivity contribution in [1.29, 1.82) is 5.26 Å². The van der Waals surface area contributed by atoms with Crippen molar-refractivity contribution in [2.45, 2.75) is 39.4 Å². The van der Waals surface area contributed by atoms with E-state index in [0.29, 0.717) is 16.8 Å². The van der Waals surface area contributed by atoms with Crippen molar-refractivity contribution in [3.63, 3.8) is 0 Å². The largest absolute Gasteiger partial charge is 0.460 e. The molecule has 0 amide bonds. The number of nitrogens with zero attached hydrogens (tertiary/aromatic N) is 2. The van der Waals surface area contributed by atoms with Crippen LogP contribution in [0.5, 0.6) is 0 Å². The molecule has 0 atom stereocenters. The number of rotatable bonds is 4. The summed E-state index contributed by atoms with van der Waals surface area (Å²) in [6, 6.07) is 18.6. The van der Waals surface area contributed by atoms with Gasteiger partial charge in [-0.15, -0.1) is 0 Å². The van der Waals surface area contributed by atoms with Gasteiger partial charge in [0.2, 0.25) is 0 Å². The highest BCUT2D eigenvalue weighted by atomic mass is 16.6. The van der Waals surface area contributed by atoms with E-state index >= 15 is 0 Å². The number of aromatic nitrogens is 1. The minimum atomic E-state index is -0.671. The Morgan fingerprint density at radius 2 is 1.69 bits per heavy atom. The molecular weight excluding hydrogens is 368 g/mol. The number of carbonyl (C=O) groups excluding carboxylic acids is 2. The van der Waals surface area contributed by atoms with E-state index in [4.69, 9.17) is 14.7 Å². The Bertz CT molecular complexity index is 1090. The molecule has 0 radical (unpaired) electrons. The van der Waals surface area contributed by atoms with Gasteiger partial charge in [-0.3, -0.25) is 4.79 Å². The molecule has 0 aliphatic carbocycles. The fourth-order valence-corrected chi connectivity index (χ4v) is 3.12. The van der Waals surface area contributed by atoms with Crippen LogP contribution in [-0.4, -0.2) is 22.2 Å². The van der Waals surface area contributed by atoms with E-state index in [1.54, 1.807) is 6.07 Å². The van der Waals surface area contributed by atoms with Crippen LogP contribution in [0, 0.1) is 11.3 Å². The molecule has 2 aromatic carbocycles. The second-order valence-electron chi connectivity index (χ2n) is 7.52. The van der Waals surface area contributed by atoms with Crippen LogP contribution < -0.4 is 0 Å². The zero-order valence-corrected chi connectivity index (χ0v) is 16.6. The first kappa shape index (κ1) is 20.2. The van der Waals surface area contributed by atoms with Gasteiger partial charge in [-0.2, -0.15) is 5.26 Å². The fraction of sp³-hybridized carbons (Fsp3) is 0.261. The maximum Gasteiger partial charge on any atom is 0.419 e. The van der Waals surface area contributed by atoms with Gasteiger partial charge in [0.1, 0.15) is 18.6 Å². The first-order chi connectivity index (χ1) is 13.8. The Kier molecular flexibility index (Phi) is 5.69. The Balaban J connectivity index is 2.21. The van der Waals surface area contributed by atoms with Crippen LogP contribution in [0.3, 0.4) is 0 Å². The summed E-state index contributed by atoms with van der Waals surface area (Å²) in [7, 11) is 0. The minimum absolute atomic E-state index is 0.0545. The van der Waals surface area contributed by atoms with Gasteiger partial charge in [-0.1, -0.05) is 48.5 Å². The summed E-state index contributed by atoms with van der Waals surface area (Å²) in [5.41, 5.74) is 2.07. The topological polar surface area (TPSA) is 81.3 Å². The molecule has 0 saturated heterocycles. The monoisotopic (exact) mass is 390 g/mol. The molecule has 3 rings (SSSR count). The number of para-hydroxylation sites is 1. The standard InChI is InChI=1S/C23H22N2O4/c1-23(2,3)29-22(27)25-19-12-8-7-11-17(19)18(15-28-20(26)13-14-24)21(25)16-9-5-4-6-10-16/h4-12H,13,15H2,1-3H3. The predicted octanol–water partition coefficient (Wildman–Crippen LogP) is 5.05. The molecule has 0 aliphatic rings. The van der Waals surface area contributed by atoms with Crippen molar-refractivity contribution in [2.24, 2.45) is 0 Å². The lowest BCUT2D eigenvalue weighted by atomic mass is 10.1. The zero-order valence-electron chi connectivity index (χ0n) is 16.6. The average Bonchev–Trinajstić information content (AvgIpc) is 3.00. The minimum Gasteiger partial charge on any atom is -0.460 e. The van der Waals surface area contributed by atoms with Gasteiger partial charge in [0.05, 0.1) is 17.3 Å². The van der Waals surface area contributed by atoms with E-state index in [-0.39, 0.29) is 13.0 Å². The molecule has 0 bridgehead atoms. The molecule has 1 heterocycles. The second-order valence-corrected chi connectivity index (χ2v) is 7.52. The first-order valence-electron chi connectivity index (χ1n) is 9.25. The fourth-order valence-electron chi connectivity index (χ4n) is 3.12. The summed E-state index contributed by atoms with van der Waals surface area (Å²) in [5.74, 6) is -0.611. The third-order valence-corrected chi connectivity index (χ3v) is 4.20. The molecule has 3 aromatic rings. The van der Waals surface area contributed by atoms with Gasteiger partial charge in [0.15, 0.2) is 0 Å². The number of ether oxygens (including phenoxy) is 2. The molecule has 0 unspecified atom stereocenters. The van der Waals surface area contributed by atoms with Crippen molar-refractivity contribution in [3.05, 3.63) is 60.2 Å². The van der Waals surface area contributed by atoms with Gasteiger partial charge in [0, 0.05) is 10.9 Å². The summed E-state index contributed by atoms with van der Waals surface area (Å²) < 4.78 is 12.5. The number of carbonyl (C=O) groups is 2. The molecule has 6 nitrogen and oxygen atoms in total. The van der Waals surface area contributed by atoms with Crippen molar-refractivity contribution in [2.75, 3.05) is 0 Å². The average molecular weight is 390 g/mol. The Labute approximate surface area is 169 Å². The lowest BCUT2D eigenvalue weighted by Crippen LogP contribution is -2.27. The molecule has 0 spiro atoms. The highest BCUT2D eigenvalue weighted by Gasteiger charge is 2.26. The molecule has 1 aromatic heterocycles. The first-order valence-corrected chi connectivity index (χ1v) is 9.25. The summed E-state index contributed by atoms with van der Waals surface area (Å²) in [6.45, 7) is 5.37. The lowest BCUT2D eigenvalue weighted by Gasteiger charge is -2.21. The van der Waals surface area contributed by atoms with Crippen LogP contribution in [0.2, 0.25) is 0 Å². The number of fused-ring (bicyclic) bond motifs is 1. The van der Waals surface area contributed by atoms with Crippen LogP contribution >= 0.6 is 0 Å². The number of benzene rings is 2.